The summed E-state index contributed by atoms with van der Waals surface area (Å²) < 4.78 is 37.8. The van der Waals surface area contributed by atoms with Crippen LogP contribution < -0.4 is 10.6 Å². The van der Waals surface area contributed by atoms with Crippen LogP contribution in [0, 0.1) is 0 Å². The van der Waals surface area contributed by atoms with Crippen LogP contribution in [0.25, 0.3) is 0 Å². The molecule has 0 bridgehead atoms. The number of carbonyl (C=O) groups excluding carboxylic acids is 1. The number of aliphatic hydroxyl groups is 1. The van der Waals surface area contributed by atoms with Crippen LogP contribution >= 0.6 is 0 Å². The monoisotopic (exact) mass is 304 g/mol. The SMILES string of the molecule is CCNC(=O)C(C)NCC(O)c1cccc(C(F)(F)F)c1. The number of halogens is 3. The quantitative estimate of drug-likeness (QED) is 0.752. The maximum Gasteiger partial charge on any atom is 0.416 e. The maximum atomic E-state index is 12.6. The minimum Gasteiger partial charge on any atom is -0.387 e. The molecule has 1 aromatic rings. The second-order valence-corrected chi connectivity index (χ2v) is 4.66. The molecular weight excluding hydrogens is 285 g/mol. The highest BCUT2D eigenvalue weighted by molar-refractivity contribution is 5.81. The van der Waals surface area contributed by atoms with Crippen molar-refractivity contribution in [2.24, 2.45) is 0 Å². The Labute approximate surface area is 121 Å². The van der Waals surface area contributed by atoms with Crippen molar-refractivity contribution in [2.45, 2.75) is 32.2 Å². The van der Waals surface area contributed by atoms with Gasteiger partial charge < -0.3 is 15.7 Å². The lowest BCUT2D eigenvalue weighted by Gasteiger charge is -2.17. The van der Waals surface area contributed by atoms with Crippen molar-refractivity contribution in [2.75, 3.05) is 13.1 Å². The first-order valence-corrected chi connectivity index (χ1v) is 6.62. The number of amides is 1. The predicted molar refractivity (Wildman–Crippen MR) is 72.6 cm³/mol. The van der Waals surface area contributed by atoms with Crippen molar-refractivity contribution in [1.29, 1.82) is 0 Å². The maximum absolute atomic E-state index is 12.6. The largest absolute Gasteiger partial charge is 0.416 e. The third-order valence-electron chi connectivity index (χ3n) is 2.96. The fourth-order valence-electron chi connectivity index (χ4n) is 1.75. The average molecular weight is 304 g/mol. The summed E-state index contributed by atoms with van der Waals surface area (Å²) >= 11 is 0. The molecule has 0 heterocycles. The highest BCUT2D eigenvalue weighted by atomic mass is 19.4. The first-order valence-electron chi connectivity index (χ1n) is 6.62. The molecule has 0 aliphatic heterocycles. The Bertz CT molecular complexity index is 478. The van der Waals surface area contributed by atoms with Crippen molar-refractivity contribution < 1.29 is 23.1 Å². The third kappa shape index (κ3) is 5.35. The molecule has 21 heavy (non-hydrogen) atoms. The zero-order valence-electron chi connectivity index (χ0n) is 11.9. The lowest BCUT2D eigenvalue weighted by atomic mass is 10.1. The summed E-state index contributed by atoms with van der Waals surface area (Å²) in [6.45, 7) is 3.87. The van der Waals surface area contributed by atoms with Gasteiger partial charge in [0.2, 0.25) is 5.91 Å². The van der Waals surface area contributed by atoms with Crippen LogP contribution in [0.2, 0.25) is 0 Å². The van der Waals surface area contributed by atoms with Crippen molar-refractivity contribution in [3.63, 3.8) is 0 Å². The van der Waals surface area contributed by atoms with Gasteiger partial charge in [-0.3, -0.25) is 4.79 Å². The zero-order chi connectivity index (χ0) is 16.0. The van der Waals surface area contributed by atoms with E-state index in [-0.39, 0.29) is 18.0 Å². The molecule has 1 aromatic carbocycles. The number of nitrogens with one attached hydrogen (secondary N) is 2. The molecule has 0 spiro atoms. The summed E-state index contributed by atoms with van der Waals surface area (Å²) in [5.41, 5.74) is -0.656. The predicted octanol–water partition coefficient (Wildman–Crippen LogP) is 1.85. The van der Waals surface area contributed by atoms with Crippen LogP contribution in [-0.2, 0) is 11.0 Å². The number of likely N-dealkylation sites (N-methyl/N-ethyl adjacent to an activating group) is 1. The summed E-state index contributed by atoms with van der Waals surface area (Å²) in [7, 11) is 0. The van der Waals surface area contributed by atoms with E-state index in [0.717, 1.165) is 12.1 Å². The van der Waals surface area contributed by atoms with E-state index < -0.39 is 23.9 Å². The van der Waals surface area contributed by atoms with Crippen LogP contribution in [-0.4, -0.2) is 30.1 Å². The molecule has 118 valence electrons. The second kappa shape index (κ2) is 7.42. The van der Waals surface area contributed by atoms with Crippen molar-refractivity contribution in [1.82, 2.24) is 10.6 Å². The molecule has 0 aliphatic carbocycles. The van der Waals surface area contributed by atoms with Gasteiger partial charge in [0.25, 0.3) is 0 Å². The number of alkyl halides is 3. The molecule has 0 aromatic heterocycles. The number of rotatable bonds is 6. The molecular formula is C14H19F3N2O2. The second-order valence-electron chi connectivity index (χ2n) is 4.66. The lowest BCUT2D eigenvalue weighted by molar-refractivity contribution is -0.137. The Morgan fingerprint density at radius 3 is 2.62 bits per heavy atom. The summed E-state index contributed by atoms with van der Waals surface area (Å²) in [6.07, 6.45) is -5.57. The van der Waals surface area contributed by atoms with Crippen LogP contribution in [0.1, 0.15) is 31.1 Å². The van der Waals surface area contributed by atoms with Crippen LogP contribution in [0.5, 0.6) is 0 Å². The Kier molecular flexibility index (Phi) is 6.17. The zero-order valence-corrected chi connectivity index (χ0v) is 11.9. The van der Waals surface area contributed by atoms with Crippen molar-refractivity contribution in [3.05, 3.63) is 35.4 Å². The molecule has 7 heteroatoms. The summed E-state index contributed by atoms with van der Waals surface area (Å²) in [5, 5.41) is 15.3. The minimum atomic E-state index is -4.45. The van der Waals surface area contributed by atoms with Gasteiger partial charge in [0.05, 0.1) is 17.7 Å². The Morgan fingerprint density at radius 2 is 2.05 bits per heavy atom. The normalized spacial score (nSPS) is 14.6. The van der Waals surface area contributed by atoms with Gasteiger partial charge in [0, 0.05) is 13.1 Å². The number of benzene rings is 1. The van der Waals surface area contributed by atoms with Gasteiger partial charge in [-0.25, -0.2) is 0 Å². The van der Waals surface area contributed by atoms with E-state index in [1.54, 1.807) is 13.8 Å². The molecule has 0 saturated carbocycles. The summed E-state index contributed by atoms with van der Waals surface area (Å²) in [5.74, 6) is -0.228. The molecule has 0 aliphatic rings. The molecule has 4 nitrogen and oxygen atoms in total. The van der Waals surface area contributed by atoms with Gasteiger partial charge in [-0.15, -0.1) is 0 Å². The van der Waals surface area contributed by atoms with Crippen molar-refractivity contribution >= 4 is 5.91 Å². The fourth-order valence-corrected chi connectivity index (χ4v) is 1.75. The van der Waals surface area contributed by atoms with Gasteiger partial charge in [0.1, 0.15) is 0 Å². The highest BCUT2D eigenvalue weighted by Gasteiger charge is 2.30. The van der Waals surface area contributed by atoms with Crippen LogP contribution in [0.15, 0.2) is 24.3 Å². The average Bonchev–Trinajstić information content (AvgIpc) is 2.43. The Balaban J connectivity index is 2.64. The van der Waals surface area contributed by atoms with Crippen molar-refractivity contribution in [3.8, 4) is 0 Å². The van der Waals surface area contributed by atoms with Crippen LogP contribution in [0.3, 0.4) is 0 Å². The number of hydrogen-bond donors (Lipinski definition) is 3. The Morgan fingerprint density at radius 1 is 1.38 bits per heavy atom. The van der Waals surface area contributed by atoms with E-state index in [4.69, 9.17) is 0 Å². The molecule has 0 fully saturated rings. The van der Waals surface area contributed by atoms with Gasteiger partial charge in [-0.2, -0.15) is 13.2 Å². The standard InChI is InChI=1S/C14H19F3N2O2/c1-3-18-13(21)9(2)19-8-12(20)10-5-4-6-11(7-10)14(15,16)17/h4-7,9,12,19-20H,3,8H2,1-2H3,(H,18,21). The highest BCUT2D eigenvalue weighted by Crippen LogP contribution is 2.30. The van der Waals surface area contributed by atoms with E-state index in [1.807, 2.05) is 0 Å². The first kappa shape index (κ1) is 17.5. The lowest BCUT2D eigenvalue weighted by Crippen LogP contribution is -2.43. The number of aliphatic hydroxyl groups excluding tert-OH is 1. The number of carbonyl (C=O) groups is 1. The molecule has 2 unspecified atom stereocenters. The van der Waals surface area contributed by atoms with E-state index in [1.165, 1.54) is 12.1 Å². The van der Waals surface area contributed by atoms with Gasteiger partial charge in [0.15, 0.2) is 0 Å². The number of hydrogen-bond acceptors (Lipinski definition) is 3. The molecule has 2 atom stereocenters. The minimum absolute atomic E-state index is 0.0143. The third-order valence-corrected chi connectivity index (χ3v) is 2.96. The summed E-state index contributed by atoms with van der Waals surface area (Å²) in [4.78, 5) is 11.5. The first-order chi connectivity index (χ1) is 9.75. The molecule has 0 saturated heterocycles. The topological polar surface area (TPSA) is 61.4 Å². The Hall–Kier alpha value is -1.60. The molecule has 1 amide bonds. The van der Waals surface area contributed by atoms with E-state index in [0.29, 0.717) is 6.54 Å². The molecule has 0 radical (unpaired) electrons. The van der Waals surface area contributed by atoms with E-state index in [2.05, 4.69) is 10.6 Å². The van der Waals surface area contributed by atoms with Gasteiger partial charge >= 0.3 is 6.18 Å². The molecule has 1 rings (SSSR count). The van der Waals surface area contributed by atoms with Crippen LogP contribution in [0.4, 0.5) is 13.2 Å². The van der Waals surface area contributed by atoms with E-state index in [9.17, 15) is 23.1 Å². The van der Waals surface area contributed by atoms with E-state index >= 15 is 0 Å². The summed E-state index contributed by atoms with van der Waals surface area (Å²) in [6, 6.07) is 3.97. The van der Waals surface area contributed by atoms with Gasteiger partial charge in [-0.1, -0.05) is 12.1 Å². The van der Waals surface area contributed by atoms with Gasteiger partial charge in [-0.05, 0) is 31.5 Å². The molecule has 3 N–H and O–H groups in total. The smallest absolute Gasteiger partial charge is 0.387 e. The fraction of sp³-hybridized carbons (Fsp3) is 0.500.